The lowest BCUT2D eigenvalue weighted by atomic mass is 9.90. The van der Waals surface area contributed by atoms with Gasteiger partial charge in [-0.1, -0.05) is 39.8 Å². The molecule has 4 nitrogen and oxygen atoms in total. The van der Waals surface area contributed by atoms with Gasteiger partial charge in [0.25, 0.3) is 0 Å². The second-order valence-electron chi connectivity index (χ2n) is 5.72. The molecule has 92 valence electrons. The maximum Gasteiger partial charge on any atom is 0.232 e. The summed E-state index contributed by atoms with van der Waals surface area (Å²) in [6, 6.07) is 0. The quantitative estimate of drug-likeness (QED) is 0.860. The van der Waals surface area contributed by atoms with Gasteiger partial charge in [-0.15, -0.1) is 0 Å². The van der Waals surface area contributed by atoms with Crippen molar-refractivity contribution in [2.24, 2.45) is 5.92 Å². The zero-order valence-corrected chi connectivity index (χ0v) is 11.0. The molecule has 1 heterocycles. The lowest BCUT2D eigenvalue weighted by molar-refractivity contribution is 0.120. The van der Waals surface area contributed by atoms with Crippen molar-refractivity contribution < 1.29 is 9.63 Å². The van der Waals surface area contributed by atoms with E-state index in [9.17, 15) is 5.11 Å². The number of rotatable bonds is 3. The summed E-state index contributed by atoms with van der Waals surface area (Å²) >= 11 is 0. The fourth-order valence-electron chi connectivity index (χ4n) is 1.72. The van der Waals surface area contributed by atoms with Crippen molar-refractivity contribution in [2.75, 3.05) is 0 Å². The van der Waals surface area contributed by atoms with Crippen LogP contribution in [0.1, 0.15) is 59.2 Å². The predicted molar refractivity (Wildman–Crippen MR) is 62.3 cm³/mol. The van der Waals surface area contributed by atoms with Crippen molar-refractivity contribution in [1.29, 1.82) is 0 Å². The first kappa shape index (κ1) is 13.2. The van der Waals surface area contributed by atoms with Crippen molar-refractivity contribution in [3.63, 3.8) is 0 Å². The van der Waals surface area contributed by atoms with Gasteiger partial charge in [0.05, 0.1) is 12.0 Å². The van der Waals surface area contributed by atoms with E-state index < -0.39 is 6.10 Å². The average molecular weight is 226 g/mol. The second-order valence-corrected chi connectivity index (χ2v) is 5.72. The molecule has 1 N–H and O–H groups in total. The Labute approximate surface area is 97.1 Å². The molecule has 1 rings (SSSR count). The molecular formula is C12H22N2O2. The summed E-state index contributed by atoms with van der Waals surface area (Å²) in [7, 11) is 0. The number of aliphatic hydroxyl groups excluding tert-OH is 1. The van der Waals surface area contributed by atoms with Crippen LogP contribution in [-0.4, -0.2) is 21.4 Å². The number of aromatic nitrogens is 2. The average Bonchev–Trinajstić information content (AvgIpc) is 2.50. The summed E-state index contributed by atoms with van der Waals surface area (Å²) in [4.78, 5) is 4.39. The molecule has 0 amide bonds. The smallest absolute Gasteiger partial charge is 0.232 e. The van der Waals surface area contributed by atoms with Gasteiger partial charge in [-0.05, 0) is 12.8 Å². The topological polar surface area (TPSA) is 59.2 Å². The molecule has 0 radical (unpaired) electrons. The summed E-state index contributed by atoms with van der Waals surface area (Å²) < 4.78 is 5.25. The van der Waals surface area contributed by atoms with Crippen LogP contribution in [0.3, 0.4) is 0 Å². The second kappa shape index (κ2) is 4.53. The van der Waals surface area contributed by atoms with E-state index in [1.165, 1.54) is 0 Å². The Bertz CT molecular complexity index is 329. The van der Waals surface area contributed by atoms with E-state index >= 15 is 0 Å². The molecular weight excluding hydrogens is 204 g/mol. The van der Waals surface area contributed by atoms with Crippen LogP contribution in [-0.2, 0) is 5.41 Å². The van der Waals surface area contributed by atoms with Gasteiger partial charge in [0, 0.05) is 5.41 Å². The highest BCUT2D eigenvalue weighted by molar-refractivity contribution is 5.04. The van der Waals surface area contributed by atoms with E-state index in [0.29, 0.717) is 11.7 Å². The minimum absolute atomic E-state index is 0.0939. The van der Waals surface area contributed by atoms with Crippen LogP contribution in [0.15, 0.2) is 4.52 Å². The normalized spacial score (nSPS) is 16.5. The Morgan fingerprint density at radius 2 is 1.75 bits per heavy atom. The Morgan fingerprint density at radius 3 is 2.06 bits per heavy atom. The number of hydrogen-bond donors (Lipinski definition) is 1. The zero-order chi connectivity index (χ0) is 12.5. The third kappa shape index (κ3) is 2.82. The molecule has 1 aromatic rings. The minimum atomic E-state index is -0.478. The Balaban J connectivity index is 3.00. The molecule has 0 aliphatic carbocycles. The summed E-state index contributed by atoms with van der Waals surface area (Å²) in [5.74, 6) is 1.40. The maximum atomic E-state index is 9.72. The Morgan fingerprint density at radius 1 is 1.19 bits per heavy atom. The first-order chi connectivity index (χ1) is 7.23. The molecule has 1 aromatic heterocycles. The van der Waals surface area contributed by atoms with E-state index in [1.54, 1.807) is 6.92 Å². The van der Waals surface area contributed by atoms with Gasteiger partial charge in [0.15, 0.2) is 5.82 Å². The molecule has 0 bridgehead atoms. The molecule has 4 heteroatoms. The molecule has 0 fully saturated rings. The first-order valence-corrected chi connectivity index (χ1v) is 5.75. The number of aliphatic hydroxyl groups is 1. The van der Waals surface area contributed by atoms with Crippen molar-refractivity contribution in [3.8, 4) is 0 Å². The largest absolute Gasteiger partial charge is 0.393 e. The van der Waals surface area contributed by atoms with Crippen molar-refractivity contribution in [3.05, 3.63) is 11.7 Å². The van der Waals surface area contributed by atoms with Crippen molar-refractivity contribution >= 4 is 0 Å². The van der Waals surface area contributed by atoms with Crippen LogP contribution in [0.25, 0.3) is 0 Å². The fraction of sp³-hybridized carbons (Fsp3) is 0.833. The highest BCUT2D eigenvalue weighted by Gasteiger charge is 2.29. The molecule has 0 aliphatic heterocycles. The molecule has 0 aliphatic rings. The van der Waals surface area contributed by atoms with Crippen LogP contribution in [0.5, 0.6) is 0 Å². The van der Waals surface area contributed by atoms with Crippen LogP contribution in [0, 0.1) is 5.92 Å². The van der Waals surface area contributed by atoms with E-state index in [4.69, 9.17) is 4.52 Å². The van der Waals surface area contributed by atoms with Gasteiger partial charge in [-0.3, -0.25) is 0 Å². The lowest BCUT2D eigenvalue weighted by Gasteiger charge is -2.19. The van der Waals surface area contributed by atoms with Gasteiger partial charge in [-0.2, -0.15) is 4.98 Å². The van der Waals surface area contributed by atoms with E-state index in [-0.39, 0.29) is 17.3 Å². The SMILES string of the molecule is CC(C)C(c1nc(C(C)(C)C)no1)C(C)O. The van der Waals surface area contributed by atoms with Crippen LogP contribution in [0.2, 0.25) is 0 Å². The summed E-state index contributed by atoms with van der Waals surface area (Å²) in [5.41, 5.74) is -0.123. The molecule has 2 unspecified atom stereocenters. The molecule has 0 aromatic carbocycles. The van der Waals surface area contributed by atoms with Gasteiger partial charge < -0.3 is 9.63 Å². The highest BCUT2D eigenvalue weighted by atomic mass is 16.5. The molecule has 0 saturated carbocycles. The number of hydrogen-bond acceptors (Lipinski definition) is 4. The summed E-state index contributed by atoms with van der Waals surface area (Å²) in [6.07, 6.45) is -0.478. The van der Waals surface area contributed by atoms with Gasteiger partial charge in [0.2, 0.25) is 5.89 Å². The monoisotopic (exact) mass is 226 g/mol. The zero-order valence-electron chi connectivity index (χ0n) is 11.0. The standard InChI is InChI=1S/C12H22N2O2/c1-7(2)9(8(3)15)10-13-11(14-16-10)12(4,5)6/h7-9,15H,1-6H3. The van der Waals surface area contributed by atoms with Gasteiger partial charge >= 0.3 is 0 Å². The first-order valence-electron chi connectivity index (χ1n) is 5.75. The predicted octanol–water partition coefficient (Wildman–Crippen LogP) is 2.49. The maximum absolute atomic E-state index is 9.72. The highest BCUT2D eigenvalue weighted by Crippen LogP contribution is 2.28. The van der Waals surface area contributed by atoms with Crippen molar-refractivity contribution in [2.45, 2.75) is 59.0 Å². The van der Waals surface area contributed by atoms with E-state index in [0.717, 1.165) is 0 Å². The number of nitrogens with zero attached hydrogens (tertiary/aromatic N) is 2. The van der Waals surface area contributed by atoms with E-state index in [2.05, 4.69) is 10.1 Å². The van der Waals surface area contributed by atoms with E-state index in [1.807, 2.05) is 34.6 Å². The van der Waals surface area contributed by atoms with Crippen LogP contribution >= 0.6 is 0 Å². The summed E-state index contributed by atoms with van der Waals surface area (Å²) in [6.45, 7) is 11.9. The minimum Gasteiger partial charge on any atom is -0.393 e. The van der Waals surface area contributed by atoms with Crippen LogP contribution < -0.4 is 0 Å². The Hall–Kier alpha value is -0.900. The van der Waals surface area contributed by atoms with Crippen molar-refractivity contribution in [1.82, 2.24) is 10.1 Å². The Kier molecular flexibility index (Phi) is 3.73. The molecule has 16 heavy (non-hydrogen) atoms. The molecule has 0 spiro atoms. The molecule has 2 atom stereocenters. The third-order valence-electron chi connectivity index (χ3n) is 2.64. The fourth-order valence-corrected chi connectivity index (χ4v) is 1.72. The third-order valence-corrected chi connectivity index (χ3v) is 2.64. The lowest BCUT2D eigenvalue weighted by Crippen LogP contribution is -2.21. The molecule has 0 saturated heterocycles. The van der Waals surface area contributed by atoms with Gasteiger partial charge in [-0.25, -0.2) is 0 Å². The van der Waals surface area contributed by atoms with Crippen LogP contribution in [0.4, 0.5) is 0 Å². The van der Waals surface area contributed by atoms with Gasteiger partial charge in [0.1, 0.15) is 0 Å². The summed E-state index contributed by atoms with van der Waals surface area (Å²) in [5, 5.41) is 13.7.